The Balaban J connectivity index is 2.27. The molecule has 8 heteroatoms. The first-order valence-electron chi connectivity index (χ1n) is 6.71. The van der Waals surface area contributed by atoms with Crippen LogP contribution in [0.5, 0.6) is 0 Å². The Labute approximate surface area is 130 Å². The highest BCUT2D eigenvalue weighted by Gasteiger charge is 2.25. The van der Waals surface area contributed by atoms with E-state index in [1.807, 2.05) is 6.07 Å². The molecule has 120 valence electrons. The highest BCUT2D eigenvalue weighted by Crippen LogP contribution is 2.23. The van der Waals surface area contributed by atoms with E-state index in [0.717, 1.165) is 12.3 Å². The van der Waals surface area contributed by atoms with Crippen molar-refractivity contribution in [1.82, 2.24) is 14.8 Å². The zero-order valence-electron chi connectivity index (χ0n) is 12.4. The number of aromatic nitrogens is 3. The van der Waals surface area contributed by atoms with Crippen LogP contribution in [0, 0.1) is 31.0 Å². The van der Waals surface area contributed by atoms with Crippen molar-refractivity contribution in [3.05, 3.63) is 46.8 Å². The fourth-order valence-electron chi connectivity index (χ4n) is 2.28. The Bertz CT molecular complexity index is 762. The van der Waals surface area contributed by atoms with Gasteiger partial charge in [0.1, 0.15) is 11.7 Å². The molecule has 0 spiro atoms. The van der Waals surface area contributed by atoms with E-state index in [-0.39, 0.29) is 17.8 Å². The van der Waals surface area contributed by atoms with E-state index >= 15 is 0 Å². The molecule has 23 heavy (non-hydrogen) atoms. The highest BCUT2D eigenvalue weighted by atomic mass is 19.3. The van der Waals surface area contributed by atoms with Gasteiger partial charge in [0, 0.05) is 17.7 Å². The second-order valence-corrected chi connectivity index (χ2v) is 4.98. The summed E-state index contributed by atoms with van der Waals surface area (Å²) in [6, 6.07) is 4.17. The van der Waals surface area contributed by atoms with Gasteiger partial charge in [-0.2, -0.15) is 19.1 Å². The summed E-state index contributed by atoms with van der Waals surface area (Å²) in [4.78, 5) is 16.1. The molecule has 0 aliphatic carbocycles. The minimum Gasteiger partial charge on any atom is -0.297 e. The predicted octanol–water partition coefficient (Wildman–Crippen LogP) is 2.85. The van der Waals surface area contributed by atoms with Gasteiger partial charge in [-0.05, 0) is 26.0 Å². The molecule has 0 saturated heterocycles. The van der Waals surface area contributed by atoms with E-state index in [1.165, 1.54) is 19.9 Å². The number of rotatable bonds is 5. The van der Waals surface area contributed by atoms with Gasteiger partial charge in [-0.15, -0.1) is 0 Å². The molecule has 0 aromatic carbocycles. The number of hydrogen-bond donors (Lipinski definition) is 0. The van der Waals surface area contributed by atoms with Crippen LogP contribution >= 0.6 is 0 Å². The van der Waals surface area contributed by atoms with Crippen molar-refractivity contribution in [1.29, 1.82) is 5.26 Å². The standard InChI is InChI=1S/C15H13F3N4O/c1-8-11(9(2)22(21-8)15(17)18)5-14(23)12(6-19)13-4-3-10(16)7-20-13/h3-4,7,12,15H,5H2,1-2H3. The average molecular weight is 322 g/mol. The molecule has 0 aliphatic heterocycles. The number of hydrogen-bond acceptors (Lipinski definition) is 4. The molecule has 1 unspecified atom stereocenters. The van der Waals surface area contributed by atoms with Crippen molar-refractivity contribution in [2.24, 2.45) is 0 Å². The van der Waals surface area contributed by atoms with Crippen molar-refractivity contribution in [2.45, 2.75) is 32.7 Å². The van der Waals surface area contributed by atoms with Gasteiger partial charge in [0.25, 0.3) is 0 Å². The van der Waals surface area contributed by atoms with Crippen LogP contribution in [0.3, 0.4) is 0 Å². The smallest absolute Gasteiger partial charge is 0.297 e. The summed E-state index contributed by atoms with van der Waals surface area (Å²) in [5.41, 5.74) is 0.961. The molecule has 0 radical (unpaired) electrons. The second kappa shape index (κ2) is 6.60. The summed E-state index contributed by atoms with van der Waals surface area (Å²) in [5.74, 6) is -2.28. The number of alkyl halides is 2. The molecule has 2 aromatic heterocycles. The fraction of sp³-hybridized carbons (Fsp3) is 0.333. The van der Waals surface area contributed by atoms with Crippen LogP contribution in [0.25, 0.3) is 0 Å². The third-order valence-electron chi connectivity index (χ3n) is 3.51. The van der Waals surface area contributed by atoms with E-state index in [2.05, 4.69) is 10.1 Å². The number of ketones is 1. The van der Waals surface area contributed by atoms with Crippen molar-refractivity contribution in [3.63, 3.8) is 0 Å². The molecule has 2 heterocycles. The molecular weight excluding hydrogens is 309 g/mol. The van der Waals surface area contributed by atoms with Gasteiger partial charge in [0.05, 0.1) is 23.7 Å². The number of carbonyl (C=O) groups is 1. The number of Topliss-reactive ketones (excluding diaryl/α,β-unsaturated/α-hetero) is 1. The number of aryl methyl sites for hydroxylation is 1. The topological polar surface area (TPSA) is 71.6 Å². The van der Waals surface area contributed by atoms with Crippen LogP contribution in [0.15, 0.2) is 18.3 Å². The van der Waals surface area contributed by atoms with Crippen LogP contribution in [0.4, 0.5) is 13.2 Å². The SMILES string of the molecule is Cc1nn(C(F)F)c(C)c1CC(=O)C(C#N)c1ccc(F)cn1. The van der Waals surface area contributed by atoms with Crippen molar-refractivity contribution < 1.29 is 18.0 Å². The summed E-state index contributed by atoms with van der Waals surface area (Å²) in [5, 5.41) is 12.9. The maximum atomic E-state index is 12.9. The van der Waals surface area contributed by atoms with Gasteiger partial charge < -0.3 is 0 Å². The summed E-state index contributed by atoms with van der Waals surface area (Å²) < 4.78 is 39.0. The zero-order chi connectivity index (χ0) is 17.1. The number of carbonyl (C=O) groups excluding carboxylic acids is 1. The van der Waals surface area contributed by atoms with Crippen LogP contribution < -0.4 is 0 Å². The molecule has 2 rings (SSSR count). The molecule has 0 aliphatic rings. The third kappa shape index (κ3) is 3.39. The molecule has 0 amide bonds. The van der Waals surface area contributed by atoms with Gasteiger partial charge in [0.2, 0.25) is 0 Å². The zero-order valence-corrected chi connectivity index (χ0v) is 12.4. The van der Waals surface area contributed by atoms with Crippen molar-refractivity contribution in [2.75, 3.05) is 0 Å². The van der Waals surface area contributed by atoms with Crippen LogP contribution in [-0.4, -0.2) is 20.5 Å². The van der Waals surface area contributed by atoms with E-state index < -0.39 is 24.1 Å². The molecular formula is C15H13F3N4O. The molecule has 5 nitrogen and oxygen atoms in total. The maximum Gasteiger partial charge on any atom is 0.333 e. The Morgan fingerprint density at radius 3 is 2.57 bits per heavy atom. The largest absolute Gasteiger partial charge is 0.333 e. The fourth-order valence-corrected chi connectivity index (χ4v) is 2.28. The van der Waals surface area contributed by atoms with Crippen LogP contribution in [0.2, 0.25) is 0 Å². The molecule has 2 aromatic rings. The summed E-state index contributed by atoms with van der Waals surface area (Å²) in [6.45, 7) is 0.154. The van der Waals surface area contributed by atoms with Gasteiger partial charge in [-0.3, -0.25) is 9.78 Å². The van der Waals surface area contributed by atoms with Crippen LogP contribution in [-0.2, 0) is 11.2 Å². The third-order valence-corrected chi connectivity index (χ3v) is 3.51. The lowest BCUT2D eigenvalue weighted by molar-refractivity contribution is -0.118. The first-order valence-corrected chi connectivity index (χ1v) is 6.71. The number of halogens is 3. The molecule has 0 N–H and O–H groups in total. The maximum absolute atomic E-state index is 12.9. The van der Waals surface area contributed by atoms with Gasteiger partial charge in [-0.25, -0.2) is 9.07 Å². The minimum absolute atomic E-state index is 0.121. The monoisotopic (exact) mass is 322 g/mol. The first kappa shape index (κ1) is 16.7. The molecule has 0 bridgehead atoms. The Hall–Kier alpha value is -2.69. The van der Waals surface area contributed by atoms with Crippen molar-refractivity contribution >= 4 is 5.78 Å². The lowest BCUT2D eigenvalue weighted by Crippen LogP contribution is -2.16. The minimum atomic E-state index is -2.80. The summed E-state index contributed by atoms with van der Waals surface area (Å²) in [7, 11) is 0. The Morgan fingerprint density at radius 2 is 2.09 bits per heavy atom. The molecule has 0 saturated carbocycles. The molecule has 1 atom stereocenters. The number of nitrogens with zero attached hydrogens (tertiary/aromatic N) is 4. The van der Waals surface area contributed by atoms with Gasteiger partial charge in [-0.1, -0.05) is 0 Å². The Kier molecular flexibility index (Phi) is 4.79. The molecule has 0 fully saturated rings. The van der Waals surface area contributed by atoms with Gasteiger partial charge >= 0.3 is 6.55 Å². The van der Waals surface area contributed by atoms with Gasteiger partial charge in [0.15, 0.2) is 5.78 Å². The lowest BCUT2D eigenvalue weighted by Gasteiger charge is -2.08. The summed E-state index contributed by atoms with van der Waals surface area (Å²) >= 11 is 0. The quantitative estimate of drug-likeness (QED) is 0.848. The Morgan fingerprint density at radius 1 is 1.39 bits per heavy atom. The predicted molar refractivity (Wildman–Crippen MR) is 74.2 cm³/mol. The number of pyridine rings is 1. The highest BCUT2D eigenvalue weighted by molar-refractivity contribution is 5.90. The first-order chi connectivity index (χ1) is 10.8. The summed E-state index contributed by atoms with van der Waals surface area (Å²) in [6.07, 6.45) is 0.694. The second-order valence-electron chi connectivity index (χ2n) is 4.98. The van der Waals surface area contributed by atoms with Crippen LogP contribution in [0.1, 0.15) is 35.1 Å². The number of nitriles is 1. The van der Waals surface area contributed by atoms with E-state index in [9.17, 15) is 23.2 Å². The average Bonchev–Trinajstić information content (AvgIpc) is 2.78. The van der Waals surface area contributed by atoms with Crippen molar-refractivity contribution in [3.8, 4) is 6.07 Å². The van der Waals surface area contributed by atoms with E-state index in [4.69, 9.17) is 0 Å². The van der Waals surface area contributed by atoms with E-state index in [1.54, 1.807) is 0 Å². The normalized spacial score (nSPS) is 12.2. The lowest BCUT2D eigenvalue weighted by atomic mass is 9.95. The van der Waals surface area contributed by atoms with E-state index in [0.29, 0.717) is 15.9 Å².